The van der Waals surface area contributed by atoms with Gasteiger partial charge in [-0.15, -0.1) is 0 Å². The lowest BCUT2D eigenvalue weighted by Crippen LogP contribution is -2.30. The van der Waals surface area contributed by atoms with Crippen LogP contribution >= 0.6 is 0 Å². The summed E-state index contributed by atoms with van der Waals surface area (Å²) in [5.41, 5.74) is 1.18. The molecule has 6 heteroatoms. The third kappa shape index (κ3) is 2.57. The van der Waals surface area contributed by atoms with Gasteiger partial charge in [0.2, 0.25) is 0 Å². The maximum absolute atomic E-state index is 12.5. The van der Waals surface area contributed by atoms with Crippen LogP contribution in [0.1, 0.15) is 66.4 Å². The number of aromatic nitrogens is 2. The zero-order valence-corrected chi connectivity index (χ0v) is 12.5. The number of rotatable bonds is 3. The molecule has 1 saturated heterocycles. The Kier molecular flexibility index (Phi) is 3.53. The summed E-state index contributed by atoms with van der Waals surface area (Å²) in [7, 11) is 0. The van der Waals surface area contributed by atoms with Crippen LogP contribution in [0.25, 0.3) is 0 Å². The van der Waals surface area contributed by atoms with E-state index >= 15 is 0 Å². The van der Waals surface area contributed by atoms with E-state index in [0.29, 0.717) is 18.0 Å². The number of hydrogen-bond acceptors (Lipinski definition) is 5. The quantitative estimate of drug-likeness (QED) is 0.868. The lowest BCUT2D eigenvalue weighted by atomic mass is 10.1. The summed E-state index contributed by atoms with van der Waals surface area (Å²) >= 11 is 0. The van der Waals surface area contributed by atoms with E-state index in [-0.39, 0.29) is 17.9 Å². The number of hydrogen-bond donors (Lipinski definition) is 0. The van der Waals surface area contributed by atoms with Gasteiger partial charge in [-0.3, -0.25) is 4.79 Å². The Morgan fingerprint density at radius 3 is 2.76 bits per heavy atom. The fourth-order valence-electron chi connectivity index (χ4n) is 2.66. The van der Waals surface area contributed by atoms with E-state index in [4.69, 9.17) is 9.05 Å². The van der Waals surface area contributed by atoms with E-state index in [1.165, 1.54) is 0 Å². The molecule has 0 aliphatic carbocycles. The lowest BCUT2D eigenvalue weighted by Gasteiger charge is -2.21. The zero-order chi connectivity index (χ0) is 15.0. The fraction of sp³-hybridized carbons (Fsp3) is 0.533. The molecule has 0 N–H and O–H groups in total. The molecule has 1 atom stereocenters. The predicted octanol–water partition coefficient (Wildman–Crippen LogP) is 3.07. The molecule has 0 saturated carbocycles. The van der Waals surface area contributed by atoms with Gasteiger partial charge in [0.1, 0.15) is 17.2 Å². The molecule has 0 bridgehead atoms. The lowest BCUT2D eigenvalue weighted by molar-refractivity contribution is 0.0720. The molecule has 21 heavy (non-hydrogen) atoms. The van der Waals surface area contributed by atoms with Crippen LogP contribution in [0.3, 0.4) is 0 Å². The first kappa shape index (κ1) is 13.9. The summed E-state index contributed by atoms with van der Waals surface area (Å²) in [6, 6.07) is 3.58. The second kappa shape index (κ2) is 5.35. The third-order valence-corrected chi connectivity index (χ3v) is 3.82. The Labute approximate surface area is 123 Å². The van der Waals surface area contributed by atoms with Crippen molar-refractivity contribution >= 4 is 5.91 Å². The van der Waals surface area contributed by atoms with Crippen LogP contribution in [-0.2, 0) is 0 Å². The second-order valence-corrected chi connectivity index (χ2v) is 5.79. The van der Waals surface area contributed by atoms with Gasteiger partial charge in [-0.05, 0) is 19.8 Å². The maximum Gasteiger partial charge on any atom is 0.276 e. The molecule has 0 unspecified atom stereocenters. The first-order chi connectivity index (χ1) is 10.1. The molecule has 3 heterocycles. The smallest absolute Gasteiger partial charge is 0.276 e. The summed E-state index contributed by atoms with van der Waals surface area (Å²) in [4.78, 5) is 14.3. The summed E-state index contributed by atoms with van der Waals surface area (Å²) in [6.07, 6.45) is 1.85. The molecule has 1 fully saturated rings. The number of carbonyl (C=O) groups is 1. The minimum absolute atomic E-state index is 0.0363. The number of aryl methyl sites for hydroxylation is 1. The average molecular weight is 289 g/mol. The maximum atomic E-state index is 12.5. The van der Waals surface area contributed by atoms with Gasteiger partial charge in [0.05, 0.1) is 6.04 Å². The van der Waals surface area contributed by atoms with E-state index in [2.05, 4.69) is 24.2 Å². The van der Waals surface area contributed by atoms with Crippen LogP contribution in [0.4, 0.5) is 0 Å². The van der Waals surface area contributed by atoms with Gasteiger partial charge in [0.15, 0.2) is 5.69 Å². The largest absolute Gasteiger partial charge is 0.361 e. The van der Waals surface area contributed by atoms with Crippen molar-refractivity contribution in [1.82, 2.24) is 15.2 Å². The monoisotopic (exact) mass is 289 g/mol. The molecule has 0 radical (unpaired) electrons. The molecular formula is C15H19N3O3. The minimum atomic E-state index is -0.108. The molecule has 1 aliphatic heterocycles. The van der Waals surface area contributed by atoms with E-state index in [0.717, 1.165) is 24.3 Å². The molecule has 1 aliphatic rings. The molecule has 0 aromatic carbocycles. The predicted molar refractivity (Wildman–Crippen MR) is 74.8 cm³/mol. The SMILES string of the molecule is Cc1cc(C(=O)N2CCC[C@H]2c2cc(C(C)C)on2)no1. The Morgan fingerprint density at radius 1 is 1.33 bits per heavy atom. The van der Waals surface area contributed by atoms with Gasteiger partial charge >= 0.3 is 0 Å². The van der Waals surface area contributed by atoms with Crippen molar-refractivity contribution in [2.75, 3.05) is 6.54 Å². The average Bonchev–Trinajstić information content (AvgIpc) is 3.17. The summed E-state index contributed by atoms with van der Waals surface area (Å²) in [5.74, 6) is 1.66. The third-order valence-electron chi connectivity index (χ3n) is 3.82. The number of nitrogens with zero attached hydrogens (tertiary/aromatic N) is 3. The van der Waals surface area contributed by atoms with Gasteiger partial charge in [-0.1, -0.05) is 24.2 Å². The minimum Gasteiger partial charge on any atom is -0.361 e. The summed E-state index contributed by atoms with van der Waals surface area (Å²) in [5, 5.41) is 7.95. The van der Waals surface area contributed by atoms with Gasteiger partial charge in [-0.2, -0.15) is 0 Å². The van der Waals surface area contributed by atoms with E-state index < -0.39 is 0 Å². The molecule has 6 nitrogen and oxygen atoms in total. The summed E-state index contributed by atoms with van der Waals surface area (Å²) in [6.45, 7) is 6.59. The first-order valence-corrected chi connectivity index (χ1v) is 7.27. The Bertz CT molecular complexity index is 644. The first-order valence-electron chi connectivity index (χ1n) is 7.27. The molecular weight excluding hydrogens is 270 g/mol. The standard InChI is InChI=1S/C15H19N3O3/c1-9(2)14-8-11(16-21-14)13-5-4-6-18(13)15(19)12-7-10(3)20-17-12/h7-9,13H,4-6H2,1-3H3/t13-/m0/s1. The van der Waals surface area contributed by atoms with E-state index in [1.807, 2.05) is 6.07 Å². The van der Waals surface area contributed by atoms with Crippen molar-refractivity contribution in [2.24, 2.45) is 0 Å². The van der Waals surface area contributed by atoms with Crippen LogP contribution < -0.4 is 0 Å². The second-order valence-electron chi connectivity index (χ2n) is 5.79. The van der Waals surface area contributed by atoms with Crippen molar-refractivity contribution in [3.8, 4) is 0 Å². The topological polar surface area (TPSA) is 72.4 Å². The van der Waals surface area contributed by atoms with Crippen LogP contribution in [0.2, 0.25) is 0 Å². The van der Waals surface area contributed by atoms with Crippen molar-refractivity contribution in [1.29, 1.82) is 0 Å². The Hall–Kier alpha value is -2.11. The van der Waals surface area contributed by atoms with Gasteiger partial charge < -0.3 is 13.9 Å². The highest BCUT2D eigenvalue weighted by Gasteiger charge is 2.34. The molecule has 0 spiro atoms. The Morgan fingerprint density at radius 2 is 2.14 bits per heavy atom. The van der Waals surface area contributed by atoms with E-state index in [9.17, 15) is 4.79 Å². The van der Waals surface area contributed by atoms with Crippen molar-refractivity contribution in [3.05, 3.63) is 35.0 Å². The van der Waals surface area contributed by atoms with Crippen LogP contribution in [-0.4, -0.2) is 27.7 Å². The Balaban J connectivity index is 1.83. The van der Waals surface area contributed by atoms with Crippen molar-refractivity contribution in [3.63, 3.8) is 0 Å². The van der Waals surface area contributed by atoms with Gasteiger partial charge in [0.25, 0.3) is 5.91 Å². The van der Waals surface area contributed by atoms with Crippen molar-refractivity contribution < 1.29 is 13.8 Å². The van der Waals surface area contributed by atoms with Gasteiger partial charge in [0, 0.05) is 24.6 Å². The number of amides is 1. The molecule has 2 aromatic rings. The number of carbonyl (C=O) groups excluding carboxylic acids is 1. The molecule has 112 valence electrons. The highest BCUT2D eigenvalue weighted by molar-refractivity contribution is 5.92. The zero-order valence-electron chi connectivity index (χ0n) is 12.5. The molecule has 1 amide bonds. The highest BCUT2D eigenvalue weighted by atomic mass is 16.5. The van der Waals surface area contributed by atoms with E-state index in [1.54, 1.807) is 17.9 Å². The van der Waals surface area contributed by atoms with Crippen LogP contribution in [0, 0.1) is 6.92 Å². The van der Waals surface area contributed by atoms with Gasteiger partial charge in [-0.25, -0.2) is 0 Å². The van der Waals surface area contributed by atoms with Crippen molar-refractivity contribution in [2.45, 2.75) is 45.6 Å². The van der Waals surface area contributed by atoms with Crippen LogP contribution in [0.5, 0.6) is 0 Å². The van der Waals surface area contributed by atoms with Crippen LogP contribution in [0.15, 0.2) is 21.2 Å². The molecule has 3 rings (SSSR count). The normalized spacial score (nSPS) is 18.7. The molecule has 2 aromatic heterocycles. The highest BCUT2D eigenvalue weighted by Crippen LogP contribution is 2.33. The number of likely N-dealkylation sites (tertiary alicyclic amines) is 1. The fourth-order valence-corrected chi connectivity index (χ4v) is 2.66. The summed E-state index contributed by atoms with van der Waals surface area (Å²) < 4.78 is 10.3.